The van der Waals surface area contributed by atoms with Crippen LogP contribution >= 0.6 is 0 Å². The number of hydrogen-bond acceptors (Lipinski definition) is 3. The number of nitrogens with zero attached hydrogens (tertiary/aromatic N) is 2. The lowest BCUT2D eigenvalue weighted by molar-refractivity contribution is 0.0747. The average molecular weight is 303 g/mol. The molecule has 2 heterocycles. The molecular weight excluding hydrogens is 278 g/mol. The molecular formula is C17H25N3O2. The molecule has 0 aliphatic carbocycles. The number of carbonyl (C=O) groups is 1. The molecule has 2 fully saturated rings. The van der Waals surface area contributed by atoms with Crippen LogP contribution in [-0.2, 0) is 4.74 Å². The minimum Gasteiger partial charge on any atom is -0.377 e. The molecule has 2 saturated heterocycles. The van der Waals surface area contributed by atoms with Crippen molar-refractivity contribution in [2.24, 2.45) is 0 Å². The third kappa shape index (κ3) is 4.21. The minimum absolute atomic E-state index is 0.00478. The summed E-state index contributed by atoms with van der Waals surface area (Å²) in [6, 6.07) is 9.65. The van der Waals surface area contributed by atoms with Crippen molar-refractivity contribution in [3.8, 4) is 0 Å². The molecule has 0 saturated carbocycles. The zero-order chi connectivity index (χ0) is 15.2. The van der Waals surface area contributed by atoms with Crippen LogP contribution in [0.1, 0.15) is 19.3 Å². The minimum atomic E-state index is 0.00478. The number of urea groups is 1. The molecule has 5 nitrogen and oxygen atoms in total. The van der Waals surface area contributed by atoms with E-state index in [4.69, 9.17) is 4.74 Å². The summed E-state index contributed by atoms with van der Waals surface area (Å²) >= 11 is 0. The van der Waals surface area contributed by atoms with E-state index < -0.39 is 0 Å². The molecule has 1 atom stereocenters. The van der Waals surface area contributed by atoms with E-state index in [9.17, 15) is 4.79 Å². The Morgan fingerprint density at radius 2 is 2.00 bits per heavy atom. The number of ether oxygens (including phenoxy) is 1. The quantitative estimate of drug-likeness (QED) is 0.932. The lowest BCUT2D eigenvalue weighted by Gasteiger charge is -2.24. The number of para-hydroxylation sites is 1. The normalized spacial score (nSPS) is 23.3. The van der Waals surface area contributed by atoms with E-state index in [0.29, 0.717) is 6.10 Å². The smallest absolute Gasteiger partial charge is 0.321 e. The van der Waals surface area contributed by atoms with E-state index in [1.165, 1.54) is 12.8 Å². The van der Waals surface area contributed by atoms with Crippen LogP contribution in [0.3, 0.4) is 0 Å². The van der Waals surface area contributed by atoms with E-state index in [-0.39, 0.29) is 6.03 Å². The van der Waals surface area contributed by atoms with E-state index in [0.717, 1.165) is 51.4 Å². The monoisotopic (exact) mass is 303 g/mol. The second-order valence-electron chi connectivity index (χ2n) is 6.07. The highest BCUT2D eigenvalue weighted by atomic mass is 16.5. The third-order valence-corrected chi connectivity index (χ3v) is 4.39. The molecule has 1 aromatic carbocycles. The number of anilines is 1. The highest BCUT2D eigenvalue weighted by Gasteiger charge is 2.23. The second kappa shape index (κ2) is 7.61. The van der Waals surface area contributed by atoms with Crippen LogP contribution in [-0.4, -0.2) is 61.3 Å². The maximum absolute atomic E-state index is 12.3. The van der Waals surface area contributed by atoms with Crippen LogP contribution in [0.5, 0.6) is 0 Å². The lowest BCUT2D eigenvalue weighted by Crippen LogP contribution is -2.39. The first-order valence-electron chi connectivity index (χ1n) is 8.26. The van der Waals surface area contributed by atoms with Crippen LogP contribution in [0.4, 0.5) is 10.5 Å². The van der Waals surface area contributed by atoms with Gasteiger partial charge >= 0.3 is 6.03 Å². The molecule has 5 heteroatoms. The van der Waals surface area contributed by atoms with Crippen molar-refractivity contribution in [3.05, 3.63) is 30.3 Å². The Hall–Kier alpha value is -1.59. The second-order valence-corrected chi connectivity index (χ2v) is 6.07. The largest absolute Gasteiger partial charge is 0.377 e. The summed E-state index contributed by atoms with van der Waals surface area (Å²) in [5.41, 5.74) is 0.855. The molecule has 1 aromatic rings. The molecule has 2 aliphatic heterocycles. The zero-order valence-electron chi connectivity index (χ0n) is 13.0. The van der Waals surface area contributed by atoms with Gasteiger partial charge in [-0.15, -0.1) is 0 Å². The summed E-state index contributed by atoms with van der Waals surface area (Å²) in [4.78, 5) is 16.7. The standard InChI is InChI=1S/C17H25N3O2/c21-17(18-15-6-2-1-3-7-15)20-10-5-9-19(11-12-20)14-16-8-4-13-22-16/h1-3,6-7,16H,4-5,8-14H2,(H,18,21)/t16-/m1/s1. The summed E-state index contributed by atoms with van der Waals surface area (Å²) in [7, 11) is 0. The molecule has 3 rings (SSSR count). The highest BCUT2D eigenvalue weighted by molar-refractivity contribution is 5.89. The summed E-state index contributed by atoms with van der Waals surface area (Å²) in [5.74, 6) is 0. The number of rotatable bonds is 3. The van der Waals surface area contributed by atoms with Crippen molar-refractivity contribution in [1.29, 1.82) is 0 Å². The van der Waals surface area contributed by atoms with Gasteiger partial charge in [0.2, 0.25) is 0 Å². The third-order valence-electron chi connectivity index (χ3n) is 4.39. The van der Waals surface area contributed by atoms with E-state index in [2.05, 4.69) is 10.2 Å². The average Bonchev–Trinajstić information content (AvgIpc) is 2.92. The molecule has 1 N–H and O–H groups in total. The Bertz CT molecular complexity index is 474. The van der Waals surface area contributed by atoms with Crippen molar-refractivity contribution in [2.45, 2.75) is 25.4 Å². The van der Waals surface area contributed by atoms with Gasteiger partial charge in [-0.05, 0) is 37.9 Å². The van der Waals surface area contributed by atoms with Crippen LogP contribution in [0, 0.1) is 0 Å². The van der Waals surface area contributed by atoms with Crippen molar-refractivity contribution < 1.29 is 9.53 Å². The Labute approximate surface area is 132 Å². The van der Waals surface area contributed by atoms with Crippen molar-refractivity contribution in [1.82, 2.24) is 9.80 Å². The first kappa shape index (κ1) is 15.3. The number of carbonyl (C=O) groups excluding carboxylic acids is 1. The van der Waals surface area contributed by atoms with Crippen molar-refractivity contribution in [3.63, 3.8) is 0 Å². The van der Waals surface area contributed by atoms with Crippen LogP contribution in [0.25, 0.3) is 0 Å². The summed E-state index contributed by atoms with van der Waals surface area (Å²) in [6.07, 6.45) is 3.78. The van der Waals surface area contributed by atoms with E-state index in [1.807, 2.05) is 35.2 Å². The molecule has 22 heavy (non-hydrogen) atoms. The SMILES string of the molecule is O=C(Nc1ccccc1)N1CCCN(C[C@H]2CCCO2)CC1. The summed E-state index contributed by atoms with van der Waals surface area (Å²) < 4.78 is 5.72. The Kier molecular flexibility index (Phi) is 5.29. The highest BCUT2D eigenvalue weighted by Crippen LogP contribution is 2.15. The van der Waals surface area contributed by atoms with Gasteiger partial charge in [-0.3, -0.25) is 4.90 Å². The van der Waals surface area contributed by atoms with Crippen LogP contribution in [0.15, 0.2) is 30.3 Å². The maximum atomic E-state index is 12.3. The Morgan fingerprint density at radius 1 is 1.14 bits per heavy atom. The van der Waals surface area contributed by atoms with E-state index in [1.54, 1.807) is 0 Å². The van der Waals surface area contributed by atoms with Gasteiger partial charge in [-0.1, -0.05) is 18.2 Å². The molecule has 0 spiro atoms. The molecule has 0 bridgehead atoms. The summed E-state index contributed by atoms with van der Waals surface area (Å²) in [6.45, 7) is 5.50. The fraction of sp³-hybridized carbons (Fsp3) is 0.588. The first-order chi connectivity index (χ1) is 10.8. The number of benzene rings is 1. The van der Waals surface area contributed by atoms with Gasteiger partial charge in [-0.25, -0.2) is 4.79 Å². The zero-order valence-corrected chi connectivity index (χ0v) is 13.0. The van der Waals surface area contributed by atoms with Gasteiger partial charge in [0, 0.05) is 38.5 Å². The van der Waals surface area contributed by atoms with E-state index >= 15 is 0 Å². The maximum Gasteiger partial charge on any atom is 0.321 e. The lowest BCUT2D eigenvalue weighted by atomic mass is 10.2. The molecule has 120 valence electrons. The first-order valence-corrected chi connectivity index (χ1v) is 8.26. The van der Waals surface area contributed by atoms with Gasteiger partial charge in [0.1, 0.15) is 0 Å². The van der Waals surface area contributed by atoms with Gasteiger partial charge in [0.25, 0.3) is 0 Å². The molecule has 2 aliphatic rings. The molecule has 0 radical (unpaired) electrons. The van der Waals surface area contributed by atoms with Crippen molar-refractivity contribution >= 4 is 11.7 Å². The number of hydrogen-bond donors (Lipinski definition) is 1. The number of amides is 2. The van der Waals surface area contributed by atoms with Crippen LogP contribution in [0.2, 0.25) is 0 Å². The van der Waals surface area contributed by atoms with Crippen molar-refractivity contribution in [2.75, 3.05) is 44.6 Å². The molecule has 0 unspecified atom stereocenters. The predicted octanol–water partition coefficient (Wildman–Crippen LogP) is 2.41. The Morgan fingerprint density at radius 3 is 2.77 bits per heavy atom. The molecule has 2 amide bonds. The predicted molar refractivity (Wildman–Crippen MR) is 87.1 cm³/mol. The van der Waals surface area contributed by atoms with Gasteiger partial charge in [0.15, 0.2) is 0 Å². The van der Waals surface area contributed by atoms with Crippen LogP contribution < -0.4 is 5.32 Å². The fourth-order valence-electron chi connectivity index (χ4n) is 3.16. The fourth-order valence-corrected chi connectivity index (χ4v) is 3.16. The van der Waals surface area contributed by atoms with Gasteiger partial charge < -0.3 is 15.0 Å². The molecule has 0 aromatic heterocycles. The van der Waals surface area contributed by atoms with Gasteiger partial charge in [0.05, 0.1) is 6.10 Å². The summed E-state index contributed by atoms with van der Waals surface area (Å²) in [5, 5.41) is 2.97. The number of nitrogens with one attached hydrogen (secondary N) is 1. The topological polar surface area (TPSA) is 44.8 Å². The van der Waals surface area contributed by atoms with Gasteiger partial charge in [-0.2, -0.15) is 0 Å². The Balaban J connectivity index is 1.48.